The summed E-state index contributed by atoms with van der Waals surface area (Å²) in [4.78, 5) is 51.7. The van der Waals surface area contributed by atoms with Crippen LogP contribution in [0.2, 0.25) is 0 Å². The fourth-order valence-corrected chi connectivity index (χ4v) is 7.61. The van der Waals surface area contributed by atoms with Crippen LogP contribution < -0.4 is 10.6 Å². The first-order valence-corrected chi connectivity index (χ1v) is 14.4. The Morgan fingerprint density at radius 1 is 0.610 bits per heavy atom. The lowest BCUT2D eigenvalue weighted by atomic mass is 9.66. The van der Waals surface area contributed by atoms with E-state index in [1.54, 1.807) is 0 Å². The zero-order valence-corrected chi connectivity index (χ0v) is 24.6. The molecule has 4 aliphatic rings. The zero-order valence-electron chi connectivity index (χ0n) is 24.6. The van der Waals surface area contributed by atoms with Gasteiger partial charge in [0.15, 0.2) is 11.2 Å². The van der Waals surface area contributed by atoms with Crippen molar-refractivity contribution in [2.24, 2.45) is 21.7 Å². The molecule has 2 aliphatic heterocycles. The molecule has 2 aromatic carbocycles. The maximum Gasteiger partial charge on any atom is 0.313 e. The third kappa shape index (κ3) is 3.39. The average molecular weight is 559 g/mol. The topological polar surface area (TPSA) is 111 Å². The number of esters is 2. The van der Waals surface area contributed by atoms with Crippen molar-refractivity contribution >= 4 is 35.1 Å². The van der Waals surface area contributed by atoms with Crippen LogP contribution in [0.1, 0.15) is 78.4 Å². The van der Waals surface area contributed by atoms with E-state index in [-0.39, 0.29) is 23.8 Å². The van der Waals surface area contributed by atoms with E-state index in [0.717, 1.165) is 11.1 Å². The van der Waals surface area contributed by atoms with Crippen molar-refractivity contribution in [1.82, 2.24) is 0 Å². The molecule has 2 saturated carbocycles. The Balaban J connectivity index is 1.08. The van der Waals surface area contributed by atoms with Gasteiger partial charge in [0.1, 0.15) is 0 Å². The molecule has 2 amide bonds. The first-order valence-electron chi connectivity index (χ1n) is 14.4. The predicted molar refractivity (Wildman–Crippen MR) is 153 cm³/mol. The van der Waals surface area contributed by atoms with Gasteiger partial charge in [-0.2, -0.15) is 0 Å². The van der Waals surface area contributed by atoms with Gasteiger partial charge in [-0.25, -0.2) is 0 Å². The van der Waals surface area contributed by atoms with E-state index in [1.807, 2.05) is 90.1 Å². The normalized spacial score (nSPS) is 33.8. The van der Waals surface area contributed by atoms with Gasteiger partial charge in [-0.15, -0.1) is 0 Å². The number of hydrogen-bond donors (Lipinski definition) is 2. The number of hydrogen-bond acceptors (Lipinski definition) is 6. The Bertz CT molecular complexity index is 1370. The van der Waals surface area contributed by atoms with Gasteiger partial charge in [0.05, 0.1) is 10.8 Å². The van der Waals surface area contributed by atoms with E-state index >= 15 is 0 Å². The summed E-state index contributed by atoms with van der Waals surface area (Å²) >= 11 is 0. The highest BCUT2D eigenvalue weighted by atomic mass is 16.6. The quantitative estimate of drug-likeness (QED) is 0.460. The zero-order chi connectivity index (χ0) is 29.6. The Morgan fingerprint density at radius 2 is 0.951 bits per heavy atom. The number of carbonyl (C=O) groups excluding carboxylic acids is 4. The molecule has 2 aliphatic carbocycles. The maximum absolute atomic E-state index is 13.3. The Morgan fingerprint density at radius 3 is 1.22 bits per heavy atom. The first kappa shape index (κ1) is 27.5. The Hall–Kier alpha value is -3.68. The third-order valence-corrected chi connectivity index (χ3v) is 11.7. The molecule has 41 heavy (non-hydrogen) atoms. The second-order valence-electron chi connectivity index (χ2n) is 13.8. The van der Waals surface area contributed by atoms with Gasteiger partial charge in [0.25, 0.3) is 11.8 Å². The minimum Gasteiger partial charge on any atom is -0.448 e. The van der Waals surface area contributed by atoms with Gasteiger partial charge in [-0.05, 0) is 81.3 Å². The summed E-state index contributed by atoms with van der Waals surface area (Å²) in [6.07, 6.45) is 2.99. The van der Waals surface area contributed by atoms with Crippen LogP contribution in [0.5, 0.6) is 0 Å². The first-order chi connectivity index (χ1) is 19.1. The summed E-state index contributed by atoms with van der Waals surface area (Å²) in [5.41, 5.74) is -1.38. The molecule has 2 saturated heterocycles. The molecule has 2 heterocycles. The lowest BCUT2D eigenvalue weighted by molar-refractivity contribution is -0.166. The van der Waals surface area contributed by atoms with E-state index in [2.05, 4.69) is 10.6 Å². The molecule has 0 radical (unpaired) electrons. The van der Waals surface area contributed by atoms with Crippen LogP contribution in [0.3, 0.4) is 0 Å². The van der Waals surface area contributed by atoms with Crippen molar-refractivity contribution in [3.63, 3.8) is 0 Å². The van der Waals surface area contributed by atoms with Gasteiger partial charge < -0.3 is 20.1 Å². The summed E-state index contributed by atoms with van der Waals surface area (Å²) in [7, 11) is 0. The van der Waals surface area contributed by atoms with E-state index in [1.165, 1.54) is 0 Å². The number of ether oxygens (including phenoxy) is 2. The number of amides is 2. The molecule has 8 nitrogen and oxygen atoms in total. The van der Waals surface area contributed by atoms with Crippen molar-refractivity contribution in [2.45, 2.75) is 84.8 Å². The van der Waals surface area contributed by atoms with E-state index in [4.69, 9.17) is 9.47 Å². The third-order valence-electron chi connectivity index (χ3n) is 11.7. The number of carbonyl (C=O) groups is 4. The van der Waals surface area contributed by atoms with Crippen LogP contribution in [0, 0.1) is 21.7 Å². The highest BCUT2D eigenvalue weighted by molar-refractivity contribution is 6.04. The molecule has 0 spiro atoms. The number of benzene rings is 2. The lowest BCUT2D eigenvalue weighted by Crippen LogP contribution is -2.50. The summed E-state index contributed by atoms with van der Waals surface area (Å²) < 4.78 is 11.4. The van der Waals surface area contributed by atoms with Gasteiger partial charge in [-0.3, -0.25) is 19.2 Å². The van der Waals surface area contributed by atoms with Crippen LogP contribution in [0.25, 0.3) is 0 Å². The summed E-state index contributed by atoms with van der Waals surface area (Å²) in [6, 6.07) is 15.3. The summed E-state index contributed by atoms with van der Waals surface area (Å²) in [6.45, 7) is 11.6. The number of fused-ring (bicyclic) bond motifs is 4. The standard InChI is InChI=1S/C33H38N2O6/c1-28(2)30(5)15-17-32(28,40-26(30)38)24(36)34-22-11-7-20(8-12-22)19-21-9-13-23(14-10-21)35-25(37)33-18-16-31(6,27(39)41-33)29(33,3)4/h7-14H,15-19H2,1-6H3,(H,34,36)(H,35,37)/t30-,31+,32-,33-/m1/s1. The van der Waals surface area contributed by atoms with Crippen molar-refractivity contribution in [3.05, 3.63) is 59.7 Å². The van der Waals surface area contributed by atoms with Crippen molar-refractivity contribution in [3.8, 4) is 0 Å². The highest BCUT2D eigenvalue weighted by Crippen LogP contribution is 2.66. The summed E-state index contributed by atoms with van der Waals surface area (Å²) in [5, 5.41) is 5.94. The Kier molecular flexibility index (Phi) is 5.65. The average Bonchev–Trinajstić information content (AvgIpc) is 3.39. The molecule has 2 aromatic rings. The molecule has 216 valence electrons. The fourth-order valence-electron chi connectivity index (χ4n) is 7.61. The maximum atomic E-state index is 13.3. The van der Waals surface area contributed by atoms with Crippen molar-refractivity contribution in [1.29, 1.82) is 0 Å². The second kappa shape index (κ2) is 8.43. The molecule has 6 rings (SSSR count). The van der Waals surface area contributed by atoms with Crippen molar-refractivity contribution in [2.75, 3.05) is 10.6 Å². The SMILES string of the molecule is CC1(C)[C@@]2(C)CC[C@]1(C(=O)Nc1ccc(Cc3ccc(NC(=O)[C@@]45CC[C@](C)(C(=O)O4)C5(C)C)cc3)cc1)OC2=O. The van der Waals surface area contributed by atoms with E-state index in [9.17, 15) is 19.2 Å². The number of anilines is 2. The lowest BCUT2D eigenvalue weighted by Gasteiger charge is -2.35. The predicted octanol–water partition coefficient (Wildman–Crippen LogP) is 5.40. The molecular weight excluding hydrogens is 520 g/mol. The Labute approximate surface area is 240 Å². The van der Waals surface area contributed by atoms with Gasteiger partial charge >= 0.3 is 11.9 Å². The number of rotatable bonds is 6. The van der Waals surface area contributed by atoms with Crippen LogP contribution in [0.15, 0.2) is 48.5 Å². The van der Waals surface area contributed by atoms with Crippen LogP contribution in [0.4, 0.5) is 11.4 Å². The minimum atomic E-state index is -1.15. The molecule has 4 fully saturated rings. The van der Waals surface area contributed by atoms with Crippen molar-refractivity contribution < 1.29 is 28.7 Å². The fraction of sp³-hybridized carbons (Fsp3) is 0.515. The molecule has 8 heteroatoms. The number of nitrogens with one attached hydrogen (secondary N) is 2. The smallest absolute Gasteiger partial charge is 0.313 e. The van der Waals surface area contributed by atoms with Crippen LogP contribution in [-0.2, 0) is 35.1 Å². The monoisotopic (exact) mass is 558 g/mol. The second-order valence-corrected chi connectivity index (χ2v) is 13.8. The van der Waals surface area contributed by atoms with Crippen LogP contribution >= 0.6 is 0 Å². The van der Waals surface area contributed by atoms with E-state index < -0.39 is 32.9 Å². The molecule has 4 atom stereocenters. The van der Waals surface area contributed by atoms with Gasteiger partial charge in [0.2, 0.25) is 0 Å². The molecule has 0 aromatic heterocycles. The van der Waals surface area contributed by atoms with Crippen LogP contribution in [-0.4, -0.2) is 35.0 Å². The van der Waals surface area contributed by atoms with E-state index in [0.29, 0.717) is 43.5 Å². The largest absolute Gasteiger partial charge is 0.448 e. The summed E-state index contributed by atoms with van der Waals surface area (Å²) in [5.74, 6) is -1.14. The molecule has 4 bridgehead atoms. The highest BCUT2D eigenvalue weighted by Gasteiger charge is 2.76. The van der Waals surface area contributed by atoms with Gasteiger partial charge in [-0.1, -0.05) is 52.0 Å². The molecule has 2 N–H and O–H groups in total. The van der Waals surface area contributed by atoms with Gasteiger partial charge in [0, 0.05) is 22.2 Å². The molecular formula is C33H38N2O6. The minimum absolute atomic E-state index is 0.278. The molecule has 0 unspecified atom stereocenters.